The molecular formula is C28H24N2O5S. The van der Waals surface area contributed by atoms with Crippen LogP contribution in [-0.2, 0) is 20.9 Å². The van der Waals surface area contributed by atoms with Crippen molar-refractivity contribution in [1.82, 2.24) is 5.32 Å². The van der Waals surface area contributed by atoms with Crippen LogP contribution < -0.4 is 5.32 Å². The molecule has 0 bridgehead atoms. The lowest BCUT2D eigenvalue weighted by molar-refractivity contribution is -0.384. The molecule has 0 saturated heterocycles. The van der Waals surface area contributed by atoms with Gasteiger partial charge < -0.3 is 10.1 Å². The van der Waals surface area contributed by atoms with Gasteiger partial charge in [0.15, 0.2) is 5.78 Å². The van der Waals surface area contributed by atoms with Crippen LogP contribution in [0.25, 0.3) is 0 Å². The first kappa shape index (κ1) is 23.7. The van der Waals surface area contributed by atoms with E-state index in [4.69, 9.17) is 4.74 Å². The summed E-state index contributed by atoms with van der Waals surface area (Å²) in [6, 6.07) is 19.5. The number of hydrogen-bond acceptors (Lipinski definition) is 7. The van der Waals surface area contributed by atoms with Crippen LogP contribution in [0, 0.1) is 10.1 Å². The molecule has 0 saturated carbocycles. The van der Waals surface area contributed by atoms with Gasteiger partial charge in [-0.05, 0) is 35.9 Å². The van der Waals surface area contributed by atoms with Crippen molar-refractivity contribution < 1.29 is 19.2 Å². The highest BCUT2D eigenvalue weighted by Gasteiger charge is 2.42. The number of thiophene rings is 1. The van der Waals surface area contributed by atoms with E-state index in [1.807, 2.05) is 47.8 Å². The molecule has 1 N–H and O–H groups in total. The number of non-ortho nitro benzene ring substituents is 1. The van der Waals surface area contributed by atoms with E-state index < -0.39 is 16.8 Å². The molecule has 0 radical (unpaired) electrons. The van der Waals surface area contributed by atoms with E-state index in [1.54, 1.807) is 30.4 Å². The van der Waals surface area contributed by atoms with Crippen molar-refractivity contribution in [2.45, 2.75) is 38.2 Å². The highest BCUT2D eigenvalue weighted by atomic mass is 32.1. The number of benzene rings is 2. The van der Waals surface area contributed by atoms with Gasteiger partial charge in [0.1, 0.15) is 6.61 Å². The molecule has 182 valence electrons. The average molecular weight is 501 g/mol. The van der Waals surface area contributed by atoms with E-state index in [1.165, 1.54) is 12.1 Å². The van der Waals surface area contributed by atoms with Crippen LogP contribution in [0.5, 0.6) is 0 Å². The Labute approximate surface area is 212 Å². The van der Waals surface area contributed by atoms with Crippen LogP contribution >= 0.6 is 11.3 Å². The minimum atomic E-state index is -0.749. The predicted molar refractivity (Wildman–Crippen MR) is 136 cm³/mol. The Hall–Kier alpha value is -4.04. The van der Waals surface area contributed by atoms with Gasteiger partial charge in [-0.2, -0.15) is 0 Å². The van der Waals surface area contributed by atoms with Crippen LogP contribution in [0.15, 0.2) is 94.7 Å². The number of carbonyl (C=O) groups is 2. The predicted octanol–water partition coefficient (Wildman–Crippen LogP) is 5.76. The fourth-order valence-electron chi connectivity index (χ4n) is 4.99. The van der Waals surface area contributed by atoms with Crippen LogP contribution in [0.4, 0.5) is 5.69 Å². The summed E-state index contributed by atoms with van der Waals surface area (Å²) in [7, 11) is 0. The molecule has 0 unspecified atom stereocenters. The maximum atomic E-state index is 13.6. The van der Waals surface area contributed by atoms with Crippen molar-refractivity contribution in [3.63, 3.8) is 0 Å². The van der Waals surface area contributed by atoms with Gasteiger partial charge in [0, 0.05) is 52.2 Å². The Balaban J connectivity index is 1.55. The molecule has 0 spiro atoms. The molecule has 0 amide bonds. The molecule has 2 heterocycles. The Morgan fingerprint density at radius 2 is 1.92 bits per heavy atom. The maximum Gasteiger partial charge on any atom is 0.337 e. The summed E-state index contributed by atoms with van der Waals surface area (Å²) in [4.78, 5) is 39.2. The molecule has 3 aromatic rings. The van der Waals surface area contributed by atoms with Crippen molar-refractivity contribution in [2.24, 2.45) is 0 Å². The molecule has 2 atom stereocenters. The van der Waals surface area contributed by atoms with Gasteiger partial charge in [-0.1, -0.05) is 48.5 Å². The number of hydrogen-bond donors (Lipinski definition) is 1. The SMILES string of the molecule is CC1=C(C(=O)OCc2ccccc2)[C@@H](c2cccc([N+](=O)[O-])c2)C2=C(C[C@@H](c3cccs3)CC2=O)N1. The second-order valence-electron chi connectivity index (χ2n) is 8.95. The molecule has 1 aromatic heterocycles. The molecule has 2 aliphatic rings. The van der Waals surface area contributed by atoms with E-state index in [9.17, 15) is 19.7 Å². The first-order valence-corrected chi connectivity index (χ1v) is 12.5. The van der Waals surface area contributed by atoms with E-state index in [0.717, 1.165) is 16.1 Å². The van der Waals surface area contributed by atoms with Crippen molar-refractivity contribution in [3.05, 3.63) is 121 Å². The number of nitrogens with zero attached hydrogens (tertiary/aromatic N) is 1. The molecular weight excluding hydrogens is 476 g/mol. The largest absolute Gasteiger partial charge is 0.457 e. The molecule has 5 rings (SSSR count). The smallest absolute Gasteiger partial charge is 0.337 e. The molecule has 0 fully saturated rings. The van der Waals surface area contributed by atoms with Crippen molar-refractivity contribution in [2.75, 3.05) is 0 Å². The summed E-state index contributed by atoms with van der Waals surface area (Å²) in [6.45, 7) is 1.87. The van der Waals surface area contributed by atoms with Crippen LogP contribution in [0.3, 0.4) is 0 Å². The Kier molecular flexibility index (Phi) is 6.52. The van der Waals surface area contributed by atoms with E-state index in [-0.39, 0.29) is 24.0 Å². The molecule has 1 aliphatic heterocycles. The average Bonchev–Trinajstić information content (AvgIpc) is 3.42. The summed E-state index contributed by atoms with van der Waals surface area (Å²) in [5.74, 6) is -1.32. The number of nitro benzene ring substituents is 1. The zero-order valence-corrected chi connectivity index (χ0v) is 20.4. The van der Waals surface area contributed by atoms with Crippen molar-refractivity contribution in [3.8, 4) is 0 Å². The Bertz CT molecular complexity index is 1390. The third kappa shape index (κ3) is 4.59. The third-order valence-corrected chi connectivity index (χ3v) is 7.65. The van der Waals surface area contributed by atoms with Gasteiger partial charge in [-0.25, -0.2) is 4.79 Å². The van der Waals surface area contributed by atoms with Gasteiger partial charge in [0.2, 0.25) is 0 Å². The van der Waals surface area contributed by atoms with Crippen molar-refractivity contribution in [1.29, 1.82) is 0 Å². The number of dihydropyridines is 1. The first-order chi connectivity index (χ1) is 17.4. The number of allylic oxidation sites excluding steroid dienone is 3. The monoisotopic (exact) mass is 500 g/mol. The second-order valence-corrected chi connectivity index (χ2v) is 9.93. The van der Waals surface area contributed by atoms with E-state index in [0.29, 0.717) is 35.2 Å². The standard InChI is InChI=1S/C28H24N2O5S/c1-17-25(28(32)35-16-18-7-3-2-4-8-18)26(19-9-5-10-21(13-19)30(33)34)27-22(29-17)14-20(15-23(27)31)24-11-6-12-36-24/h2-13,20,26,29H,14-16H2,1H3/t20-,26-/m1/s1. The third-order valence-electron chi connectivity index (χ3n) is 6.62. The minimum absolute atomic E-state index is 0.0499. The fraction of sp³-hybridized carbons (Fsp3) is 0.214. The zero-order valence-electron chi connectivity index (χ0n) is 19.6. The lowest BCUT2D eigenvalue weighted by atomic mass is 9.72. The number of ether oxygens (including phenoxy) is 1. The first-order valence-electron chi connectivity index (χ1n) is 11.6. The number of nitrogens with one attached hydrogen (secondary N) is 1. The molecule has 2 aromatic carbocycles. The normalized spacial score (nSPS) is 19.5. The number of esters is 1. The molecule has 7 nitrogen and oxygen atoms in total. The topological polar surface area (TPSA) is 98.5 Å². The minimum Gasteiger partial charge on any atom is -0.457 e. The van der Waals surface area contributed by atoms with Gasteiger partial charge in [-0.15, -0.1) is 11.3 Å². The van der Waals surface area contributed by atoms with Gasteiger partial charge in [-0.3, -0.25) is 14.9 Å². The summed E-state index contributed by atoms with van der Waals surface area (Å²) in [6.07, 6.45) is 0.939. The van der Waals surface area contributed by atoms with Crippen LogP contribution in [0.2, 0.25) is 0 Å². The summed E-state index contributed by atoms with van der Waals surface area (Å²) >= 11 is 1.62. The van der Waals surface area contributed by atoms with Gasteiger partial charge in [0.25, 0.3) is 5.69 Å². The number of carbonyl (C=O) groups excluding carboxylic acids is 2. The maximum absolute atomic E-state index is 13.6. The molecule has 8 heteroatoms. The Morgan fingerprint density at radius 1 is 1.11 bits per heavy atom. The lowest BCUT2D eigenvalue weighted by Gasteiger charge is -2.36. The summed E-state index contributed by atoms with van der Waals surface area (Å²) in [5.41, 5.74) is 3.40. The lowest BCUT2D eigenvalue weighted by Crippen LogP contribution is -2.36. The highest BCUT2D eigenvalue weighted by Crippen LogP contribution is 2.46. The molecule has 1 aliphatic carbocycles. The van der Waals surface area contributed by atoms with E-state index in [2.05, 4.69) is 5.32 Å². The van der Waals surface area contributed by atoms with E-state index >= 15 is 0 Å². The van der Waals surface area contributed by atoms with Gasteiger partial charge >= 0.3 is 5.97 Å². The second kappa shape index (κ2) is 9.91. The van der Waals surface area contributed by atoms with Crippen LogP contribution in [0.1, 0.15) is 47.6 Å². The molecule has 36 heavy (non-hydrogen) atoms. The summed E-state index contributed by atoms with van der Waals surface area (Å²) < 4.78 is 5.66. The number of ketones is 1. The Morgan fingerprint density at radius 3 is 2.64 bits per heavy atom. The number of nitro groups is 1. The zero-order chi connectivity index (χ0) is 25.2. The number of rotatable bonds is 6. The van der Waals surface area contributed by atoms with Crippen molar-refractivity contribution >= 4 is 28.8 Å². The fourth-order valence-corrected chi connectivity index (χ4v) is 5.82. The highest BCUT2D eigenvalue weighted by molar-refractivity contribution is 7.10. The van der Waals surface area contributed by atoms with Crippen LogP contribution in [-0.4, -0.2) is 16.7 Å². The number of Topliss-reactive ketones (excluding diaryl/α,β-unsaturated/α-hetero) is 1. The summed E-state index contributed by atoms with van der Waals surface area (Å²) in [5, 5.41) is 16.8. The quantitative estimate of drug-likeness (QED) is 0.262. The van der Waals surface area contributed by atoms with Gasteiger partial charge in [0.05, 0.1) is 10.5 Å².